The first-order valence-electron chi connectivity index (χ1n) is 7.07. The predicted molar refractivity (Wildman–Crippen MR) is 88.3 cm³/mol. The van der Waals surface area contributed by atoms with E-state index in [2.05, 4.69) is 72.6 Å². The molecule has 0 N–H and O–H groups in total. The number of aromatic nitrogens is 1. The van der Waals surface area contributed by atoms with Gasteiger partial charge in [0.05, 0.1) is 0 Å². The first kappa shape index (κ1) is 14.9. The number of fused-ring (bicyclic) bond motifs is 3. The van der Waals surface area contributed by atoms with Crippen molar-refractivity contribution in [2.24, 2.45) is 0 Å². The summed E-state index contributed by atoms with van der Waals surface area (Å²) < 4.78 is 0. The first-order chi connectivity index (χ1) is 10.3. The first-order valence-corrected chi connectivity index (χ1v) is 7.07. The second-order valence-electron chi connectivity index (χ2n) is 5.35. The fourth-order valence-corrected chi connectivity index (χ4v) is 2.77. The maximum Gasteiger partial charge on any atom is 0.0163 e. The molecule has 0 amide bonds. The summed E-state index contributed by atoms with van der Waals surface area (Å²) in [4.78, 5) is 4.47. The van der Waals surface area contributed by atoms with Crippen molar-refractivity contribution in [3.63, 3.8) is 0 Å². The van der Waals surface area contributed by atoms with Crippen LogP contribution in [0.25, 0.3) is 32.8 Å². The fraction of sp³-hybridized carbons (Fsp3) is 0.0500. The van der Waals surface area contributed by atoms with Crippen LogP contribution in [-0.2, 0) is 20.1 Å². The van der Waals surface area contributed by atoms with Crippen molar-refractivity contribution in [2.75, 3.05) is 0 Å². The van der Waals surface area contributed by atoms with Gasteiger partial charge in [-0.25, -0.2) is 0 Å². The topological polar surface area (TPSA) is 12.9 Å². The summed E-state index contributed by atoms with van der Waals surface area (Å²) in [7, 11) is 0. The Bertz CT molecular complexity index is 960. The molecule has 0 unspecified atom stereocenters. The molecule has 0 atom stereocenters. The summed E-state index contributed by atoms with van der Waals surface area (Å²) >= 11 is 0. The molecule has 0 saturated carbocycles. The van der Waals surface area contributed by atoms with Crippen LogP contribution < -0.4 is 0 Å². The molecule has 0 saturated heterocycles. The third-order valence-electron chi connectivity index (χ3n) is 3.87. The number of hydrogen-bond donors (Lipinski definition) is 0. The molecule has 109 valence electrons. The number of pyridine rings is 1. The van der Waals surface area contributed by atoms with Crippen molar-refractivity contribution in [3.8, 4) is 11.3 Å². The zero-order chi connectivity index (χ0) is 14.2. The molecule has 0 aliphatic carbocycles. The number of hydrogen-bond acceptors (Lipinski definition) is 1. The molecule has 2 heteroatoms. The minimum absolute atomic E-state index is 0. The Morgan fingerprint density at radius 1 is 0.864 bits per heavy atom. The number of benzene rings is 3. The Balaban J connectivity index is 0.00000144. The van der Waals surface area contributed by atoms with Gasteiger partial charge < -0.3 is 4.98 Å². The maximum atomic E-state index is 4.47. The predicted octanol–water partition coefficient (Wildman–Crippen LogP) is 5.16. The summed E-state index contributed by atoms with van der Waals surface area (Å²) in [6.07, 6.45) is 1.85. The van der Waals surface area contributed by atoms with Gasteiger partial charge in [-0.2, -0.15) is 0 Å². The Kier molecular flexibility index (Phi) is 4.06. The fourth-order valence-electron chi connectivity index (χ4n) is 2.77. The van der Waals surface area contributed by atoms with Gasteiger partial charge in [-0.15, -0.1) is 23.8 Å². The third kappa shape index (κ3) is 2.56. The average molecular weight is 461 g/mol. The van der Waals surface area contributed by atoms with Crippen LogP contribution in [0, 0.1) is 13.0 Å². The van der Waals surface area contributed by atoms with Gasteiger partial charge in [0.2, 0.25) is 0 Å². The quantitative estimate of drug-likeness (QED) is 0.282. The number of nitrogens with zero attached hydrogens (tertiary/aromatic N) is 1. The molecule has 4 aromatic rings. The van der Waals surface area contributed by atoms with Gasteiger partial charge in [0.15, 0.2) is 0 Å². The summed E-state index contributed by atoms with van der Waals surface area (Å²) in [5, 5.41) is 5.01. The molecule has 1 radical (unpaired) electrons. The second-order valence-corrected chi connectivity index (χ2v) is 5.35. The van der Waals surface area contributed by atoms with E-state index in [1.54, 1.807) is 0 Å². The van der Waals surface area contributed by atoms with E-state index in [0.29, 0.717) is 0 Å². The summed E-state index contributed by atoms with van der Waals surface area (Å²) in [6.45, 7) is 2.08. The molecule has 22 heavy (non-hydrogen) atoms. The Hall–Kier alpha value is -2.02. The maximum absolute atomic E-state index is 4.47. The summed E-state index contributed by atoms with van der Waals surface area (Å²) in [5.74, 6) is 0. The van der Waals surface area contributed by atoms with Crippen LogP contribution >= 0.6 is 0 Å². The second kappa shape index (κ2) is 6.00. The molecule has 0 aliphatic rings. The summed E-state index contributed by atoms with van der Waals surface area (Å²) in [5.41, 5.74) is 3.24. The minimum atomic E-state index is 0. The third-order valence-corrected chi connectivity index (χ3v) is 3.87. The van der Waals surface area contributed by atoms with Gasteiger partial charge in [0.25, 0.3) is 0 Å². The van der Waals surface area contributed by atoms with E-state index < -0.39 is 0 Å². The average Bonchev–Trinajstić information content (AvgIpc) is 2.54. The van der Waals surface area contributed by atoms with Crippen LogP contribution in [-0.4, -0.2) is 4.98 Å². The van der Waals surface area contributed by atoms with E-state index in [0.717, 1.165) is 11.3 Å². The molecule has 3 aromatic carbocycles. The molecular formula is C20H14IrN-. The van der Waals surface area contributed by atoms with Gasteiger partial charge in [0, 0.05) is 26.3 Å². The molecular weight excluding hydrogens is 446 g/mol. The molecule has 0 bridgehead atoms. The van der Waals surface area contributed by atoms with Crippen molar-refractivity contribution < 1.29 is 20.1 Å². The van der Waals surface area contributed by atoms with Crippen molar-refractivity contribution in [3.05, 3.63) is 78.5 Å². The Morgan fingerprint density at radius 2 is 1.68 bits per heavy atom. The van der Waals surface area contributed by atoms with Crippen molar-refractivity contribution in [1.82, 2.24) is 4.98 Å². The van der Waals surface area contributed by atoms with Crippen LogP contribution in [0.15, 0.2) is 66.9 Å². The molecule has 1 heterocycles. The monoisotopic (exact) mass is 461 g/mol. The van der Waals surface area contributed by atoms with E-state index in [9.17, 15) is 0 Å². The molecule has 1 aromatic heterocycles. The molecule has 0 fully saturated rings. The van der Waals surface area contributed by atoms with Crippen molar-refractivity contribution in [2.45, 2.75) is 6.92 Å². The normalized spacial score (nSPS) is 10.6. The van der Waals surface area contributed by atoms with E-state index in [1.165, 1.54) is 27.1 Å². The van der Waals surface area contributed by atoms with Crippen LogP contribution in [0.5, 0.6) is 0 Å². The van der Waals surface area contributed by atoms with Crippen molar-refractivity contribution >= 4 is 21.5 Å². The summed E-state index contributed by atoms with van der Waals surface area (Å²) in [6, 6.07) is 24.5. The van der Waals surface area contributed by atoms with Gasteiger partial charge in [-0.3, -0.25) is 0 Å². The van der Waals surface area contributed by atoms with E-state index >= 15 is 0 Å². The van der Waals surface area contributed by atoms with Gasteiger partial charge in [-0.1, -0.05) is 58.8 Å². The SMILES string of the molecule is Cc1ccnc(-c2[c-]cc3ccc4ccccc4c3c2)c1.[Ir]. The largest absolute Gasteiger partial charge is 0.305 e. The van der Waals surface area contributed by atoms with E-state index in [4.69, 9.17) is 0 Å². The molecule has 0 spiro atoms. The zero-order valence-electron chi connectivity index (χ0n) is 12.1. The van der Waals surface area contributed by atoms with Crippen LogP contribution in [0.3, 0.4) is 0 Å². The van der Waals surface area contributed by atoms with Gasteiger partial charge in [0.1, 0.15) is 0 Å². The minimum Gasteiger partial charge on any atom is -0.305 e. The molecule has 4 rings (SSSR count). The molecule has 1 nitrogen and oxygen atoms in total. The number of rotatable bonds is 1. The van der Waals surface area contributed by atoms with E-state index in [-0.39, 0.29) is 20.1 Å². The van der Waals surface area contributed by atoms with Crippen LogP contribution in [0.2, 0.25) is 0 Å². The standard InChI is InChI=1S/C20H14N.Ir/c1-14-10-11-21-20(12-14)17-9-8-16-7-6-15-4-2-3-5-18(15)19(16)13-17;/h2-8,10-13H,1H3;/q-1;. The van der Waals surface area contributed by atoms with E-state index in [1.807, 2.05) is 12.3 Å². The Morgan fingerprint density at radius 3 is 2.55 bits per heavy atom. The van der Waals surface area contributed by atoms with Crippen LogP contribution in [0.4, 0.5) is 0 Å². The smallest absolute Gasteiger partial charge is 0.0163 e. The number of aryl methyl sites for hydroxylation is 1. The van der Waals surface area contributed by atoms with Crippen LogP contribution in [0.1, 0.15) is 5.56 Å². The van der Waals surface area contributed by atoms with Crippen molar-refractivity contribution in [1.29, 1.82) is 0 Å². The Labute approximate surface area is 143 Å². The molecule has 0 aliphatic heterocycles. The van der Waals surface area contributed by atoms with Gasteiger partial charge >= 0.3 is 0 Å². The zero-order valence-corrected chi connectivity index (χ0v) is 14.5. The van der Waals surface area contributed by atoms with Gasteiger partial charge in [-0.05, 0) is 29.5 Å².